The molecule has 3 aromatic rings. The minimum Gasteiger partial charge on any atom is -0.489 e. The van der Waals surface area contributed by atoms with Gasteiger partial charge in [0, 0.05) is 14.2 Å². The zero-order valence-electron chi connectivity index (χ0n) is 13.8. The van der Waals surface area contributed by atoms with E-state index in [0.29, 0.717) is 17.2 Å². The monoisotopic (exact) mass is 471 g/mol. The van der Waals surface area contributed by atoms with Gasteiger partial charge in [0.1, 0.15) is 12.4 Å². The van der Waals surface area contributed by atoms with Gasteiger partial charge in [0.2, 0.25) is 0 Å². The first-order valence-electron chi connectivity index (χ1n) is 8.00. The normalized spacial score (nSPS) is 11.0. The standard InChI is InChI=1S/C22H15ClINO/c23-22-4-2-1-3-21(22)18(14-25)13-16-7-11-20(12-8-16)26-15-17-5-9-19(24)10-6-17/h1-13H,15H2. The van der Waals surface area contributed by atoms with E-state index in [4.69, 9.17) is 16.3 Å². The van der Waals surface area contributed by atoms with Crippen molar-refractivity contribution in [2.75, 3.05) is 0 Å². The van der Waals surface area contributed by atoms with E-state index >= 15 is 0 Å². The smallest absolute Gasteiger partial charge is 0.119 e. The number of nitrogens with zero attached hydrogens (tertiary/aromatic N) is 1. The first-order valence-corrected chi connectivity index (χ1v) is 9.45. The van der Waals surface area contributed by atoms with Crippen LogP contribution in [0.15, 0.2) is 72.8 Å². The lowest BCUT2D eigenvalue weighted by atomic mass is 10.0. The van der Waals surface area contributed by atoms with Crippen molar-refractivity contribution in [1.82, 2.24) is 0 Å². The van der Waals surface area contributed by atoms with E-state index in [1.165, 1.54) is 3.57 Å². The number of halogens is 2. The molecule has 0 fully saturated rings. The molecule has 26 heavy (non-hydrogen) atoms. The van der Waals surface area contributed by atoms with Gasteiger partial charge >= 0.3 is 0 Å². The molecule has 128 valence electrons. The van der Waals surface area contributed by atoms with E-state index in [2.05, 4.69) is 52.9 Å². The third kappa shape index (κ3) is 4.87. The maximum Gasteiger partial charge on any atom is 0.119 e. The first kappa shape index (κ1) is 18.5. The summed E-state index contributed by atoms with van der Waals surface area (Å²) in [6.45, 7) is 0.523. The van der Waals surface area contributed by atoms with Gasteiger partial charge in [-0.25, -0.2) is 0 Å². The highest BCUT2D eigenvalue weighted by molar-refractivity contribution is 14.1. The van der Waals surface area contributed by atoms with Crippen molar-refractivity contribution >= 4 is 45.8 Å². The van der Waals surface area contributed by atoms with Crippen LogP contribution in [0.5, 0.6) is 5.75 Å². The van der Waals surface area contributed by atoms with Crippen LogP contribution in [0.3, 0.4) is 0 Å². The predicted octanol–water partition coefficient (Wildman–Crippen LogP) is 6.59. The Kier molecular flexibility index (Phi) is 6.32. The maximum absolute atomic E-state index is 9.45. The zero-order valence-corrected chi connectivity index (χ0v) is 16.7. The molecule has 3 rings (SSSR count). The van der Waals surface area contributed by atoms with Crippen LogP contribution in [0.4, 0.5) is 0 Å². The molecule has 0 unspecified atom stereocenters. The minimum absolute atomic E-state index is 0.523. The average Bonchev–Trinajstić information content (AvgIpc) is 2.67. The largest absolute Gasteiger partial charge is 0.489 e. The number of hydrogen-bond donors (Lipinski definition) is 0. The summed E-state index contributed by atoms with van der Waals surface area (Å²) in [4.78, 5) is 0. The highest BCUT2D eigenvalue weighted by Crippen LogP contribution is 2.25. The van der Waals surface area contributed by atoms with Crippen molar-refractivity contribution in [3.63, 3.8) is 0 Å². The van der Waals surface area contributed by atoms with Gasteiger partial charge in [-0.1, -0.05) is 54.1 Å². The third-order valence-corrected chi connectivity index (χ3v) is 4.84. The summed E-state index contributed by atoms with van der Waals surface area (Å²) in [7, 11) is 0. The molecule has 0 aliphatic rings. The van der Waals surface area contributed by atoms with Crippen molar-refractivity contribution in [2.24, 2.45) is 0 Å². The molecular weight excluding hydrogens is 457 g/mol. The number of ether oxygens (including phenoxy) is 1. The van der Waals surface area contributed by atoms with E-state index < -0.39 is 0 Å². The van der Waals surface area contributed by atoms with Gasteiger partial charge in [0.25, 0.3) is 0 Å². The molecule has 0 heterocycles. The Bertz CT molecular complexity index is 957. The molecule has 3 aromatic carbocycles. The van der Waals surface area contributed by atoms with Crippen LogP contribution in [0.2, 0.25) is 5.02 Å². The Labute approximate surface area is 171 Å². The summed E-state index contributed by atoms with van der Waals surface area (Å²) in [5.41, 5.74) is 3.31. The van der Waals surface area contributed by atoms with Crippen LogP contribution in [0.1, 0.15) is 16.7 Å². The Balaban J connectivity index is 1.71. The maximum atomic E-state index is 9.45. The molecule has 0 aromatic heterocycles. The molecule has 2 nitrogen and oxygen atoms in total. The Morgan fingerprint density at radius 2 is 1.69 bits per heavy atom. The number of rotatable bonds is 5. The molecule has 0 saturated carbocycles. The summed E-state index contributed by atoms with van der Waals surface area (Å²) in [6.07, 6.45) is 1.82. The zero-order chi connectivity index (χ0) is 18.4. The second kappa shape index (κ2) is 8.88. The number of hydrogen-bond acceptors (Lipinski definition) is 2. The molecule has 0 aliphatic heterocycles. The molecule has 0 bridgehead atoms. The average molecular weight is 472 g/mol. The van der Waals surface area contributed by atoms with E-state index in [-0.39, 0.29) is 0 Å². The predicted molar refractivity (Wildman–Crippen MR) is 115 cm³/mol. The fraction of sp³-hybridized carbons (Fsp3) is 0.0455. The van der Waals surface area contributed by atoms with Crippen molar-refractivity contribution in [3.05, 3.63) is 98.1 Å². The molecule has 0 atom stereocenters. The van der Waals surface area contributed by atoms with Gasteiger partial charge in [-0.15, -0.1) is 0 Å². The SMILES string of the molecule is N#CC(=Cc1ccc(OCc2ccc(I)cc2)cc1)c1ccccc1Cl. The summed E-state index contributed by atoms with van der Waals surface area (Å²) < 4.78 is 7.02. The van der Waals surface area contributed by atoms with E-state index in [1.54, 1.807) is 6.07 Å². The third-order valence-electron chi connectivity index (χ3n) is 3.79. The van der Waals surface area contributed by atoms with Gasteiger partial charge in [-0.05, 0) is 70.1 Å². The molecule has 0 N–H and O–H groups in total. The van der Waals surface area contributed by atoms with Crippen LogP contribution in [-0.4, -0.2) is 0 Å². The minimum atomic E-state index is 0.523. The number of nitriles is 1. The van der Waals surface area contributed by atoms with Crippen LogP contribution in [0.25, 0.3) is 11.6 Å². The summed E-state index contributed by atoms with van der Waals surface area (Å²) >= 11 is 8.47. The highest BCUT2D eigenvalue weighted by Gasteiger charge is 2.05. The van der Waals surface area contributed by atoms with Crippen molar-refractivity contribution in [3.8, 4) is 11.8 Å². The van der Waals surface area contributed by atoms with Crippen LogP contribution < -0.4 is 4.74 Å². The van der Waals surface area contributed by atoms with Crippen molar-refractivity contribution in [1.29, 1.82) is 5.26 Å². The molecular formula is C22H15ClINO. The van der Waals surface area contributed by atoms with Crippen molar-refractivity contribution in [2.45, 2.75) is 6.61 Å². The number of benzene rings is 3. The molecule has 4 heteroatoms. The molecule has 0 spiro atoms. The Hall–Kier alpha value is -2.29. The second-order valence-electron chi connectivity index (χ2n) is 5.63. The fourth-order valence-corrected chi connectivity index (χ4v) is 3.02. The second-order valence-corrected chi connectivity index (χ2v) is 7.29. The lowest BCUT2D eigenvalue weighted by Crippen LogP contribution is -1.95. The van der Waals surface area contributed by atoms with Gasteiger partial charge in [-0.2, -0.15) is 5.26 Å². The highest BCUT2D eigenvalue weighted by atomic mass is 127. The Morgan fingerprint density at radius 1 is 1.00 bits per heavy atom. The summed E-state index contributed by atoms with van der Waals surface area (Å²) in [5, 5.41) is 10.0. The molecule has 0 saturated heterocycles. The van der Waals surface area contributed by atoms with E-state index in [9.17, 15) is 5.26 Å². The van der Waals surface area contributed by atoms with E-state index in [1.807, 2.05) is 48.5 Å². The van der Waals surface area contributed by atoms with Crippen LogP contribution >= 0.6 is 34.2 Å². The molecule has 0 aliphatic carbocycles. The van der Waals surface area contributed by atoms with Crippen molar-refractivity contribution < 1.29 is 4.74 Å². The lowest BCUT2D eigenvalue weighted by molar-refractivity contribution is 0.306. The molecule has 0 amide bonds. The van der Waals surface area contributed by atoms with Gasteiger partial charge in [-0.3, -0.25) is 0 Å². The quantitative estimate of drug-likeness (QED) is 0.239. The van der Waals surface area contributed by atoms with Gasteiger partial charge in [0.05, 0.1) is 11.6 Å². The summed E-state index contributed by atoms with van der Waals surface area (Å²) in [5.74, 6) is 0.789. The van der Waals surface area contributed by atoms with Gasteiger partial charge in [0.15, 0.2) is 0 Å². The first-order chi connectivity index (χ1) is 12.7. The van der Waals surface area contributed by atoms with Gasteiger partial charge < -0.3 is 4.74 Å². The Morgan fingerprint density at radius 3 is 2.35 bits per heavy atom. The number of allylic oxidation sites excluding steroid dienone is 1. The van der Waals surface area contributed by atoms with Crippen LogP contribution in [0, 0.1) is 14.9 Å². The fourth-order valence-electron chi connectivity index (χ4n) is 2.42. The topological polar surface area (TPSA) is 33.0 Å². The summed E-state index contributed by atoms with van der Waals surface area (Å²) in [6, 6.07) is 25.5. The van der Waals surface area contributed by atoms with Crippen LogP contribution in [-0.2, 0) is 6.61 Å². The van der Waals surface area contributed by atoms with E-state index in [0.717, 1.165) is 22.4 Å². The molecule has 0 radical (unpaired) electrons. The lowest BCUT2D eigenvalue weighted by Gasteiger charge is -2.07.